The number of aryl methyl sites for hydroxylation is 1. The first-order valence-electron chi connectivity index (χ1n) is 5.23. The van der Waals surface area contributed by atoms with Gasteiger partial charge in [-0.2, -0.15) is 0 Å². The van der Waals surface area contributed by atoms with Gasteiger partial charge in [-0.05, 0) is 0 Å². The molecule has 0 radical (unpaired) electrons. The number of benzene rings is 2. The average Bonchev–Trinajstić information content (AvgIpc) is 2.30. The molecule has 1 heterocycles. The molecule has 0 amide bonds. The van der Waals surface area contributed by atoms with E-state index in [1.54, 1.807) is 0 Å². The van der Waals surface area contributed by atoms with Gasteiger partial charge in [0.2, 0.25) is 0 Å². The van der Waals surface area contributed by atoms with E-state index in [1.807, 2.05) is 0 Å². The van der Waals surface area contributed by atoms with E-state index in [-0.39, 0.29) is 0 Å². The van der Waals surface area contributed by atoms with Crippen molar-refractivity contribution in [1.29, 1.82) is 0 Å². The second-order valence-corrected chi connectivity index (χ2v) is 3.94. The van der Waals surface area contributed by atoms with Gasteiger partial charge in [-0.3, -0.25) is 0 Å². The summed E-state index contributed by atoms with van der Waals surface area (Å²) >= 11 is 0. The van der Waals surface area contributed by atoms with Crippen molar-refractivity contribution in [3.63, 3.8) is 0 Å². The third kappa shape index (κ3) is 1.27. The predicted octanol–water partition coefficient (Wildman–Crippen LogP) is 3.64. The predicted molar refractivity (Wildman–Crippen MR) is 67.5 cm³/mol. The molecule has 0 fully saturated rings. The Kier molecular flexibility index (Phi) is 1.85. The standard InChI is InChI=1S/C14H11B/c1-10-13-7-3-2-5-11(13)9-12-6-4-8-15-14(10)12/h2-9H,1H3. The first kappa shape index (κ1) is 8.66. The van der Waals surface area contributed by atoms with Gasteiger partial charge in [-0.25, -0.2) is 0 Å². The van der Waals surface area contributed by atoms with Crippen LogP contribution >= 0.6 is 0 Å². The molecule has 70 valence electrons. The van der Waals surface area contributed by atoms with Gasteiger partial charge in [0.05, 0.1) is 0 Å². The third-order valence-electron chi connectivity index (χ3n) is 3.04. The fraction of sp³-hybridized carbons (Fsp3) is 0.0714. The summed E-state index contributed by atoms with van der Waals surface area (Å²) in [5, 5.41) is 5.37. The van der Waals surface area contributed by atoms with Gasteiger partial charge in [0, 0.05) is 0 Å². The van der Waals surface area contributed by atoms with Crippen LogP contribution in [0.1, 0.15) is 5.56 Å². The molecule has 0 saturated heterocycles. The molecule has 0 aliphatic carbocycles. The first-order valence-corrected chi connectivity index (χ1v) is 5.23. The minimum absolute atomic E-state index is 1.33. The molecule has 0 aliphatic heterocycles. The zero-order chi connectivity index (χ0) is 10.3. The van der Waals surface area contributed by atoms with E-state index in [0.717, 1.165) is 0 Å². The van der Waals surface area contributed by atoms with Crippen LogP contribution in [0.2, 0.25) is 0 Å². The van der Waals surface area contributed by atoms with Crippen molar-refractivity contribution >= 4 is 28.4 Å². The van der Waals surface area contributed by atoms with E-state index in [4.69, 9.17) is 0 Å². The molecule has 15 heavy (non-hydrogen) atoms. The molecular formula is C14H11B. The summed E-state index contributed by atoms with van der Waals surface area (Å²) < 4.78 is 0. The molecule has 2 aromatic carbocycles. The fourth-order valence-electron chi connectivity index (χ4n) is 2.24. The van der Waals surface area contributed by atoms with Crippen molar-refractivity contribution < 1.29 is 0 Å². The topological polar surface area (TPSA) is 0 Å². The summed E-state index contributed by atoms with van der Waals surface area (Å²) in [5.41, 5.74) is 1.38. The zero-order valence-corrected chi connectivity index (χ0v) is 8.70. The first-order chi connectivity index (χ1) is 7.36. The van der Waals surface area contributed by atoms with E-state index in [9.17, 15) is 0 Å². The second-order valence-electron chi connectivity index (χ2n) is 3.94. The Morgan fingerprint density at radius 2 is 1.73 bits per heavy atom. The SMILES string of the molecule is Cc1c2bcccc2cc2ccccc12. The Bertz CT molecular complexity index is 587. The number of hydrogen-bond donors (Lipinski definition) is 0. The summed E-state index contributed by atoms with van der Waals surface area (Å²) in [4.78, 5) is 0. The van der Waals surface area contributed by atoms with E-state index < -0.39 is 0 Å². The van der Waals surface area contributed by atoms with Gasteiger partial charge in [-0.15, -0.1) is 0 Å². The molecule has 0 unspecified atom stereocenters. The van der Waals surface area contributed by atoms with E-state index in [1.165, 1.54) is 27.0 Å². The minimum atomic E-state index is 1.33. The average molecular weight is 190 g/mol. The Morgan fingerprint density at radius 1 is 0.933 bits per heavy atom. The van der Waals surface area contributed by atoms with Crippen LogP contribution < -0.4 is 0 Å². The number of fused-ring (bicyclic) bond motifs is 2. The summed E-state index contributed by atoms with van der Waals surface area (Å²) in [6.07, 6.45) is 0. The maximum atomic E-state index is 2.26. The summed E-state index contributed by atoms with van der Waals surface area (Å²) in [6, 6.07) is 15.1. The number of rotatable bonds is 0. The Balaban J connectivity index is 2.60. The normalized spacial score (nSPS) is 10.7. The molecule has 0 bridgehead atoms. The van der Waals surface area contributed by atoms with Crippen LogP contribution in [0.15, 0.2) is 48.4 Å². The van der Waals surface area contributed by atoms with Gasteiger partial charge >= 0.3 is 89.3 Å². The molecule has 1 heteroatoms. The van der Waals surface area contributed by atoms with Crippen LogP contribution in [0, 0.1) is 6.92 Å². The van der Waals surface area contributed by atoms with Gasteiger partial charge in [0.25, 0.3) is 0 Å². The molecule has 3 aromatic rings. The molecule has 0 atom stereocenters. The van der Waals surface area contributed by atoms with Gasteiger partial charge in [0.15, 0.2) is 0 Å². The van der Waals surface area contributed by atoms with Crippen LogP contribution in [0.3, 0.4) is 0 Å². The van der Waals surface area contributed by atoms with Gasteiger partial charge < -0.3 is 0 Å². The second kappa shape index (κ2) is 3.20. The van der Waals surface area contributed by atoms with Crippen molar-refractivity contribution in [2.45, 2.75) is 6.92 Å². The number of hydrogen-bond acceptors (Lipinski definition) is 0. The van der Waals surface area contributed by atoms with Crippen LogP contribution in [0.5, 0.6) is 0 Å². The van der Waals surface area contributed by atoms with Gasteiger partial charge in [-0.1, -0.05) is 0 Å². The van der Waals surface area contributed by atoms with Crippen molar-refractivity contribution in [3.8, 4) is 0 Å². The molecule has 0 spiro atoms. The quantitative estimate of drug-likeness (QED) is 0.474. The van der Waals surface area contributed by atoms with Crippen LogP contribution in [-0.2, 0) is 0 Å². The molecule has 0 nitrogen and oxygen atoms in total. The van der Waals surface area contributed by atoms with Crippen molar-refractivity contribution in [3.05, 3.63) is 54.0 Å². The summed E-state index contributed by atoms with van der Waals surface area (Å²) in [5.74, 6) is 2.10. The molecule has 1 aromatic heterocycles. The van der Waals surface area contributed by atoms with E-state index in [0.29, 0.717) is 0 Å². The van der Waals surface area contributed by atoms with E-state index in [2.05, 4.69) is 62.3 Å². The summed E-state index contributed by atoms with van der Waals surface area (Å²) in [6.45, 7) is 4.39. The van der Waals surface area contributed by atoms with Crippen LogP contribution in [0.4, 0.5) is 0 Å². The molecule has 3 rings (SSSR count). The van der Waals surface area contributed by atoms with Crippen molar-refractivity contribution in [1.82, 2.24) is 0 Å². The van der Waals surface area contributed by atoms with Crippen molar-refractivity contribution in [2.24, 2.45) is 0 Å². The molecule has 0 saturated carbocycles. The Morgan fingerprint density at radius 3 is 2.67 bits per heavy atom. The monoisotopic (exact) mass is 190 g/mol. The molecular weight excluding hydrogens is 179 g/mol. The van der Waals surface area contributed by atoms with Crippen LogP contribution in [0.25, 0.3) is 21.4 Å². The maximum absolute atomic E-state index is 2.26. The third-order valence-corrected chi connectivity index (χ3v) is 3.04. The van der Waals surface area contributed by atoms with Gasteiger partial charge in [0.1, 0.15) is 0 Å². The summed E-state index contributed by atoms with van der Waals surface area (Å²) in [7, 11) is 0. The molecule has 0 N–H and O–H groups in total. The van der Waals surface area contributed by atoms with Crippen LogP contribution in [-0.4, -0.2) is 6.91 Å². The zero-order valence-electron chi connectivity index (χ0n) is 8.70. The van der Waals surface area contributed by atoms with E-state index >= 15 is 0 Å². The Hall–Kier alpha value is -1.63. The van der Waals surface area contributed by atoms with Crippen molar-refractivity contribution in [2.75, 3.05) is 0 Å². The Labute approximate surface area is 89.8 Å². The fourth-order valence-corrected chi connectivity index (χ4v) is 2.24. The molecule has 0 aliphatic rings.